The van der Waals surface area contributed by atoms with Crippen molar-refractivity contribution in [1.29, 1.82) is 0 Å². The fraction of sp³-hybridized carbons (Fsp3) is 0.280. The highest BCUT2D eigenvalue weighted by atomic mass is 35.5. The molecule has 0 aliphatic rings. The van der Waals surface area contributed by atoms with Crippen molar-refractivity contribution in [2.24, 2.45) is 0 Å². The van der Waals surface area contributed by atoms with Crippen molar-refractivity contribution in [3.05, 3.63) is 91.4 Å². The van der Waals surface area contributed by atoms with Crippen molar-refractivity contribution in [3.63, 3.8) is 0 Å². The number of hydrogen-bond acceptors (Lipinski definition) is 6. The minimum Gasteiger partial charge on any atom is -0.490 e. The van der Waals surface area contributed by atoms with Gasteiger partial charge >= 0.3 is 0 Å². The Balaban J connectivity index is 1.54. The molecule has 0 spiro atoms. The lowest BCUT2D eigenvalue weighted by Gasteiger charge is -2.16. The van der Waals surface area contributed by atoms with Gasteiger partial charge in [0.05, 0.1) is 27.3 Å². The van der Waals surface area contributed by atoms with Crippen LogP contribution in [0, 0.1) is 17.0 Å². The molecule has 0 aromatic heterocycles. The van der Waals surface area contributed by atoms with Crippen molar-refractivity contribution < 1.29 is 14.4 Å². The quantitative estimate of drug-likeness (QED) is 0.169. The zero-order chi connectivity index (χ0) is 24.5. The Morgan fingerprint density at radius 3 is 2.38 bits per heavy atom. The van der Waals surface area contributed by atoms with E-state index in [1.807, 2.05) is 50.2 Å². The second kappa shape index (κ2) is 12.5. The molecule has 0 heterocycles. The van der Waals surface area contributed by atoms with Gasteiger partial charge in [-0.2, -0.15) is 0 Å². The average Bonchev–Trinajstić information content (AvgIpc) is 2.80. The first kappa shape index (κ1) is 25.6. The summed E-state index contributed by atoms with van der Waals surface area (Å²) >= 11 is 12.6. The second-order valence-electron chi connectivity index (χ2n) is 7.64. The number of non-ortho nitro benzene ring substituents is 1. The number of nitro groups is 1. The molecule has 0 atom stereocenters. The van der Waals surface area contributed by atoms with Crippen molar-refractivity contribution in [2.45, 2.75) is 27.0 Å². The van der Waals surface area contributed by atoms with E-state index in [1.54, 1.807) is 6.07 Å². The van der Waals surface area contributed by atoms with Crippen LogP contribution in [0.1, 0.15) is 23.6 Å². The number of rotatable bonds is 12. The molecule has 3 aromatic rings. The molecule has 0 aliphatic carbocycles. The number of aryl methyl sites for hydroxylation is 1. The van der Waals surface area contributed by atoms with E-state index in [0.29, 0.717) is 60.1 Å². The first-order valence-electron chi connectivity index (χ1n) is 10.9. The van der Waals surface area contributed by atoms with Crippen LogP contribution in [0.25, 0.3) is 0 Å². The van der Waals surface area contributed by atoms with E-state index < -0.39 is 4.92 Å². The molecule has 0 unspecified atom stereocenters. The summed E-state index contributed by atoms with van der Waals surface area (Å²) in [4.78, 5) is 10.3. The number of ether oxygens (including phenoxy) is 2. The van der Waals surface area contributed by atoms with Gasteiger partial charge < -0.3 is 20.1 Å². The Kier molecular flexibility index (Phi) is 9.39. The molecule has 34 heavy (non-hydrogen) atoms. The molecular formula is C25H27Cl2N3O4. The van der Waals surface area contributed by atoms with Crippen LogP contribution in [0.5, 0.6) is 11.5 Å². The average molecular weight is 504 g/mol. The zero-order valence-corrected chi connectivity index (χ0v) is 20.6. The summed E-state index contributed by atoms with van der Waals surface area (Å²) in [5.74, 6) is 1.14. The molecule has 3 aromatic carbocycles. The molecule has 0 amide bonds. The Bertz CT molecular complexity index is 1120. The van der Waals surface area contributed by atoms with Crippen molar-refractivity contribution in [3.8, 4) is 11.5 Å². The maximum atomic E-state index is 10.8. The van der Waals surface area contributed by atoms with Gasteiger partial charge in [0.15, 0.2) is 11.5 Å². The summed E-state index contributed by atoms with van der Waals surface area (Å²) in [7, 11) is 0. The SMILES string of the molecule is CCOc1cc(CNCCNc2ccc([N+](=O)[O-])cc2Cl)cc(Cl)c1OCc1ccc(C)cc1. The highest BCUT2D eigenvalue weighted by Crippen LogP contribution is 2.37. The van der Waals surface area contributed by atoms with Gasteiger partial charge in [-0.15, -0.1) is 0 Å². The predicted molar refractivity (Wildman–Crippen MR) is 136 cm³/mol. The van der Waals surface area contributed by atoms with Crippen LogP contribution < -0.4 is 20.1 Å². The third-order valence-corrected chi connectivity index (χ3v) is 5.58. The lowest BCUT2D eigenvalue weighted by atomic mass is 10.1. The highest BCUT2D eigenvalue weighted by Gasteiger charge is 2.13. The molecule has 2 N–H and O–H groups in total. The Morgan fingerprint density at radius 2 is 1.71 bits per heavy atom. The number of nitro benzene ring substituents is 1. The van der Waals surface area contributed by atoms with E-state index in [-0.39, 0.29) is 5.69 Å². The summed E-state index contributed by atoms with van der Waals surface area (Å²) in [6, 6.07) is 16.3. The molecule has 0 bridgehead atoms. The van der Waals surface area contributed by atoms with E-state index in [1.165, 1.54) is 17.7 Å². The number of halogens is 2. The van der Waals surface area contributed by atoms with Crippen LogP contribution in [0.15, 0.2) is 54.6 Å². The third kappa shape index (κ3) is 7.25. The van der Waals surface area contributed by atoms with Crippen molar-refractivity contribution in [2.75, 3.05) is 25.0 Å². The molecule has 0 aliphatic heterocycles. The maximum Gasteiger partial charge on any atom is 0.271 e. The summed E-state index contributed by atoms with van der Waals surface area (Å²) in [6.07, 6.45) is 0. The zero-order valence-electron chi connectivity index (χ0n) is 19.1. The Hall–Kier alpha value is -3.00. The first-order valence-corrected chi connectivity index (χ1v) is 11.6. The molecule has 0 fully saturated rings. The van der Waals surface area contributed by atoms with E-state index in [9.17, 15) is 10.1 Å². The highest BCUT2D eigenvalue weighted by molar-refractivity contribution is 6.33. The molecule has 180 valence electrons. The van der Waals surface area contributed by atoms with Gasteiger partial charge in [-0.05, 0) is 43.2 Å². The molecule has 3 rings (SSSR count). The number of anilines is 1. The van der Waals surface area contributed by atoms with Crippen LogP contribution in [0.4, 0.5) is 11.4 Å². The van der Waals surface area contributed by atoms with Crippen LogP contribution in [-0.4, -0.2) is 24.6 Å². The minimum atomic E-state index is -0.475. The largest absolute Gasteiger partial charge is 0.490 e. The van der Waals surface area contributed by atoms with Gasteiger partial charge in [-0.3, -0.25) is 10.1 Å². The predicted octanol–water partition coefficient (Wildman–Crippen LogP) is 6.39. The molecular weight excluding hydrogens is 477 g/mol. The Morgan fingerprint density at radius 1 is 0.941 bits per heavy atom. The van der Waals surface area contributed by atoms with Gasteiger partial charge in [0.25, 0.3) is 5.69 Å². The van der Waals surface area contributed by atoms with Gasteiger partial charge in [0.1, 0.15) is 6.61 Å². The molecule has 7 nitrogen and oxygen atoms in total. The van der Waals surface area contributed by atoms with Crippen molar-refractivity contribution >= 4 is 34.6 Å². The summed E-state index contributed by atoms with van der Waals surface area (Å²) in [6.45, 7) is 6.65. The monoisotopic (exact) mass is 503 g/mol. The van der Waals surface area contributed by atoms with Crippen molar-refractivity contribution in [1.82, 2.24) is 5.32 Å². The summed E-state index contributed by atoms with van der Waals surface area (Å²) in [5, 5.41) is 18.1. The molecule has 0 saturated heterocycles. The number of benzene rings is 3. The molecule has 9 heteroatoms. The summed E-state index contributed by atoms with van der Waals surface area (Å²) < 4.78 is 11.8. The van der Waals surface area contributed by atoms with Crippen LogP contribution in [0.3, 0.4) is 0 Å². The fourth-order valence-corrected chi connectivity index (χ4v) is 3.77. The normalized spacial score (nSPS) is 10.7. The number of nitrogens with one attached hydrogen (secondary N) is 2. The smallest absolute Gasteiger partial charge is 0.271 e. The van der Waals surface area contributed by atoms with Gasteiger partial charge in [0.2, 0.25) is 0 Å². The lowest BCUT2D eigenvalue weighted by molar-refractivity contribution is -0.384. The lowest BCUT2D eigenvalue weighted by Crippen LogP contribution is -2.22. The van der Waals surface area contributed by atoms with Crippen LogP contribution in [-0.2, 0) is 13.2 Å². The number of hydrogen-bond donors (Lipinski definition) is 2. The minimum absolute atomic E-state index is 0.0399. The van der Waals surface area contributed by atoms with Gasteiger partial charge in [0, 0.05) is 31.8 Å². The standard InChI is InChI=1S/C25H27Cl2N3O4/c1-3-33-24-13-19(12-22(27)25(24)34-16-18-6-4-17(2)5-7-18)15-28-10-11-29-23-9-8-20(30(31)32)14-21(23)26/h4-9,12-14,28-29H,3,10-11,15-16H2,1-2H3. The fourth-order valence-electron chi connectivity index (χ4n) is 3.25. The maximum absolute atomic E-state index is 10.8. The second-order valence-corrected chi connectivity index (χ2v) is 8.45. The van der Waals surface area contributed by atoms with E-state index in [2.05, 4.69) is 10.6 Å². The topological polar surface area (TPSA) is 85.7 Å². The van der Waals surface area contributed by atoms with Gasteiger partial charge in [-0.25, -0.2) is 0 Å². The first-order chi connectivity index (χ1) is 16.4. The van der Waals surface area contributed by atoms with E-state index in [4.69, 9.17) is 32.7 Å². The van der Waals surface area contributed by atoms with Crippen LogP contribution >= 0.6 is 23.2 Å². The number of nitrogens with zero attached hydrogens (tertiary/aromatic N) is 1. The summed E-state index contributed by atoms with van der Waals surface area (Å²) in [5.41, 5.74) is 3.81. The van der Waals surface area contributed by atoms with Crippen LogP contribution in [0.2, 0.25) is 10.0 Å². The van der Waals surface area contributed by atoms with Gasteiger partial charge in [-0.1, -0.05) is 53.0 Å². The van der Waals surface area contributed by atoms with E-state index >= 15 is 0 Å². The molecule has 0 radical (unpaired) electrons. The molecule has 0 saturated carbocycles. The van der Waals surface area contributed by atoms with E-state index in [0.717, 1.165) is 11.1 Å². The Labute approximate surface area is 209 Å². The third-order valence-electron chi connectivity index (χ3n) is 4.98.